The summed E-state index contributed by atoms with van der Waals surface area (Å²) in [5.41, 5.74) is 0.522. The topological polar surface area (TPSA) is 45.6 Å². The first-order chi connectivity index (χ1) is 8.70. The van der Waals surface area contributed by atoms with Gasteiger partial charge in [0.15, 0.2) is 0 Å². The lowest BCUT2D eigenvalue weighted by Crippen LogP contribution is -2.32. The van der Waals surface area contributed by atoms with E-state index in [1.807, 2.05) is 11.9 Å². The normalized spacial score (nSPS) is 19.8. The fourth-order valence-corrected chi connectivity index (χ4v) is 2.36. The molecule has 1 fully saturated rings. The van der Waals surface area contributed by atoms with Gasteiger partial charge in [0.25, 0.3) is 0 Å². The summed E-state index contributed by atoms with van der Waals surface area (Å²) in [5.74, 6) is 0.698. The zero-order valence-electron chi connectivity index (χ0n) is 10.6. The molecule has 2 rings (SSSR count). The Morgan fingerprint density at radius 3 is 3.11 bits per heavy atom. The van der Waals surface area contributed by atoms with Gasteiger partial charge >= 0.3 is 0 Å². The van der Waals surface area contributed by atoms with Gasteiger partial charge in [-0.15, -0.1) is 0 Å². The lowest BCUT2D eigenvalue weighted by atomic mass is 10.0. The molecule has 1 unspecified atom stereocenters. The number of ether oxygens (including phenoxy) is 1. The van der Waals surface area contributed by atoms with Gasteiger partial charge in [-0.05, 0) is 24.8 Å². The molecule has 1 aliphatic heterocycles. The number of aliphatic hydroxyl groups excluding tert-OH is 1. The molecule has 1 aromatic heterocycles. The fraction of sp³-hybridized carbons (Fsp3) is 0.615. The number of aliphatic hydroxyl groups is 1. The second-order valence-corrected chi connectivity index (χ2v) is 4.76. The van der Waals surface area contributed by atoms with Gasteiger partial charge in [0.1, 0.15) is 11.6 Å². The van der Waals surface area contributed by atoms with E-state index in [9.17, 15) is 9.50 Å². The number of aromatic nitrogens is 1. The van der Waals surface area contributed by atoms with E-state index < -0.39 is 5.82 Å². The van der Waals surface area contributed by atoms with Crippen LogP contribution in [0, 0.1) is 11.7 Å². The third-order valence-electron chi connectivity index (χ3n) is 3.23. The van der Waals surface area contributed by atoms with Crippen LogP contribution in [0.25, 0.3) is 0 Å². The third-order valence-corrected chi connectivity index (χ3v) is 3.23. The van der Waals surface area contributed by atoms with Crippen molar-refractivity contribution in [2.45, 2.75) is 19.4 Å². The average molecular weight is 254 g/mol. The molecule has 1 aromatic rings. The van der Waals surface area contributed by atoms with Gasteiger partial charge in [0.2, 0.25) is 0 Å². The zero-order chi connectivity index (χ0) is 13.0. The van der Waals surface area contributed by atoms with Crippen LogP contribution in [-0.2, 0) is 11.3 Å². The summed E-state index contributed by atoms with van der Waals surface area (Å²) in [6.45, 7) is 2.22. The molecule has 0 radical (unpaired) electrons. The summed E-state index contributed by atoms with van der Waals surface area (Å²) in [6, 6.07) is 1.33. The standard InChI is InChI=1S/C13H19FN2O2/c1-16(7-10-3-2-4-18-9-10)13-11(8-17)5-12(14)6-15-13/h5-6,10,17H,2-4,7-9H2,1H3. The van der Waals surface area contributed by atoms with Crippen LogP contribution < -0.4 is 4.90 Å². The highest BCUT2D eigenvalue weighted by Gasteiger charge is 2.18. The fourth-order valence-electron chi connectivity index (χ4n) is 2.36. The van der Waals surface area contributed by atoms with Crippen LogP contribution >= 0.6 is 0 Å². The average Bonchev–Trinajstić information content (AvgIpc) is 2.39. The lowest BCUT2D eigenvalue weighted by Gasteiger charge is -2.28. The molecule has 1 saturated heterocycles. The van der Waals surface area contributed by atoms with Crippen molar-refractivity contribution >= 4 is 5.82 Å². The van der Waals surface area contributed by atoms with E-state index in [0.717, 1.165) is 32.6 Å². The van der Waals surface area contributed by atoms with Gasteiger partial charge in [0, 0.05) is 25.8 Å². The first-order valence-corrected chi connectivity index (χ1v) is 6.25. The first-order valence-electron chi connectivity index (χ1n) is 6.25. The molecule has 100 valence electrons. The molecule has 0 amide bonds. The van der Waals surface area contributed by atoms with Crippen molar-refractivity contribution in [1.82, 2.24) is 4.98 Å². The molecule has 1 aliphatic rings. The monoisotopic (exact) mass is 254 g/mol. The van der Waals surface area contributed by atoms with E-state index in [1.54, 1.807) is 0 Å². The molecule has 0 bridgehead atoms. The molecule has 1 atom stereocenters. The SMILES string of the molecule is CN(CC1CCCOC1)c1ncc(F)cc1CO. The summed E-state index contributed by atoms with van der Waals surface area (Å²) < 4.78 is 18.5. The Kier molecular flexibility index (Phi) is 4.49. The van der Waals surface area contributed by atoms with Gasteiger partial charge in [-0.25, -0.2) is 9.37 Å². The minimum absolute atomic E-state index is 0.203. The van der Waals surface area contributed by atoms with Crippen LogP contribution in [0.3, 0.4) is 0 Å². The van der Waals surface area contributed by atoms with Crippen LogP contribution in [0.1, 0.15) is 18.4 Å². The largest absolute Gasteiger partial charge is 0.392 e. The Labute approximate surface area is 106 Å². The minimum atomic E-state index is -0.419. The third kappa shape index (κ3) is 3.17. The van der Waals surface area contributed by atoms with E-state index >= 15 is 0 Å². The molecule has 1 N–H and O–H groups in total. The second-order valence-electron chi connectivity index (χ2n) is 4.76. The highest BCUT2D eigenvalue weighted by molar-refractivity contribution is 5.45. The zero-order valence-corrected chi connectivity index (χ0v) is 10.6. The number of pyridine rings is 1. The van der Waals surface area contributed by atoms with Gasteiger partial charge in [-0.2, -0.15) is 0 Å². The highest BCUT2D eigenvalue weighted by atomic mass is 19.1. The van der Waals surface area contributed by atoms with Crippen LogP contribution in [0.5, 0.6) is 0 Å². The quantitative estimate of drug-likeness (QED) is 0.886. The molecule has 5 heteroatoms. The molecule has 2 heterocycles. The number of hydrogen-bond donors (Lipinski definition) is 1. The van der Waals surface area contributed by atoms with E-state index in [2.05, 4.69) is 4.98 Å². The number of hydrogen-bond acceptors (Lipinski definition) is 4. The summed E-state index contributed by atoms with van der Waals surface area (Å²) in [7, 11) is 1.91. The molecule has 0 spiro atoms. The van der Waals surface area contributed by atoms with Crippen LogP contribution in [0.15, 0.2) is 12.3 Å². The molecule has 0 saturated carbocycles. The molecule has 0 aromatic carbocycles. The molecular formula is C13H19FN2O2. The summed E-state index contributed by atoms with van der Waals surface area (Å²) in [5, 5.41) is 9.24. The number of rotatable bonds is 4. The van der Waals surface area contributed by atoms with E-state index in [4.69, 9.17) is 4.74 Å². The van der Waals surface area contributed by atoms with Crippen LogP contribution in [0.4, 0.5) is 10.2 Å². The summed E-state index contributed by atoms with van der Waals surface area (Å²) in [6.07, 6.45) is 3.41. The van der Waals surface area contributed by atoms with Crippen molar-refractivity contribution in [3.8, 4) is 0 Å². The van der Waals surface area contributed by atoms with Gasteiger partial charge in [-0.3, -0.25) is 0 Å². The minimum Gasteiger partial charge on any atom is -0.392 e. The van der Waals surface area contributed by atoms with Crippen molar-refractivity contribution in [1.29, 1.82) is 0 Å². The Morgan fingerprint density at radius 1 is 1.61 bits per heavy atom. The molecular weight excluding hydrogens is 235 g/mol. The van der Waals surface area contributed by atoms with Gasteiger partial charge < -0.3 is 14.7 Å². The van der Waals surface area contributed by atoms with Crippen LogP contribution in [0.2, 0.25) is 0 Å². The molecule has 4 nitrogen and oxygen atoms in total. The Hall–Kier alpha value is -1.20. The predicted octanol–water partition coefficient (Wildman–Crippen LogP) is 1.58. The molecule has 18 heavy (non-hydrogen) atoms. The maximum atomic E-state index is 13.0. The number of halogens is 1. The van der Waals surface area contributed by atoms with Gasteiger partial charge in [0.05, 0.1) is 19.4 Å². The highest BCUT2D eigenvalue weighted by Crippen LogP contribution is 2.21. The van der Waals surface area contributed by atoms with E-state index in [1.165, 1.54) is 12.3 Å². The number of nitrogens with zero attached hydrogens (tertiary/aromatic N) is 2. The Balaban J connectivity index is 2.05. The van der Waals surface area contributed by atoms with Gasteiger partial charge in [-0.1, -0.05) is 0 Å². The molecule has 0 aliphatic carbocycles. The van der Waals surface area contributed by atoms with E-state index in [0.29, 0.717) is 17.3 Å². The second kappa shape index (κ2) is 6.11. The van der Waals surface area contributed by atoms with Crippen molar-refractivity contribution in [2.75, 3.05) is 31.7 Å². The van der Waals surface area contributed by atoms with E-state index in [-0.39, 0.29) is 6.61 Å². The van der Waals surface area contributed by atoms with Crippen molar-refractivity contribution in [3.63, 3.8) is 0 Å². The Bertz CT molecular complexity index is 395. The maximum absolute atomic E-state index is 13.0. The summed E-state index contributed by atoms with van der Waals surface area (Å²) in [4.78, 5) is 6.03. The predicted molar refractivity (Wildman–Crippen MR) is 66.9 cm³/mol. The smallest absolute Gasteiger partial charge is 0.142 e. The van der Waals surface area contributed by atoms with Crippen LogP contribution in [-0.4, -0.2) is 36.9 Å². The van der Waals surface area contributed by atoms with Crippen molar-refractivity contribution in [2.24, 2.45) is 5.92 Å². The summed E-state index contributed by atoms with van der Waals surface area (Å²) >= 11 is 0. The lowest BCUT2D eigenvalue weighted by molar-refractivity contribution is 0.0576. The maximum Gasteiger partial charge on any atom is 0.142 e. The van der Waals surface area contributed by atoms with Crippen molar-refractivity contribution < 1.29 is 14.2 Å². The van der Waals surface area contributed by atoms with Crippen molar-refractivity contribution in [3.05, 3.63) is 23.6 Å². The number of anilines is 1. The Morgan fingerprint density at radius 2 is 2.44 bits per heavy atom. The first kappa shape index (κ1) is 13.2.